The Morgan fingerprint density at radius 3 is 3.00 bits per heavy atom. The number of carbonyl (C=O) groups excluding carboxylic acids is 1. The first-order chi connectivity index (χ1) is 4.83. The molecule has 1 aliphatic carbocycles. The summed E-state index contributed by atoms with van der Waals surface area (Å²) in [6, 6.07) is 0. The molecule has 0 aliphatic heterocycles. The third-order valence-electron chi connectivity index (χ3n) is 1.62. The van der Waals surface area contributed by atoms with Gasteiger partial charge in [0, 0.05) is 13.5 Å². The highest BCUT2D eigenvalue weighted by Crippen LogP contribution is 2.14. The van der Waals surface area contributed by atoms with Crippen molar-refractivity contribution in [3.05, 3.63) is 11.6 Å². The molecule has 0 bridgehead atoms. The maximum absolute atomic E-state index is 10.8. The van der Waals surface area contributed by atoms with Gasteiger partial charge < -0.3 is 4.74 Å². The van der Waals surface area contributed by atoms with E-state index in [1.807, 2.05) is 0 Å². The van der Waals surface area contributed by atoms with Crippen molar-refractivity contribution in [1.29, 1.82) is 0 Å². The van der Waals surface area contributed by atoms with Crippen LogP contribution in [0.1, 0.15) is 19.3 Å². The number of rotatable bonds is 2. The van der Waals surface area contributed by atoms with Crippen LogP contribution < -0.4 is 0 Å². The second-order valence-electron chi connectivity index (χ2n) is 2.56. The Morgan fingerprint density at radius 1 is 1.60 bits per heavy atom. The number of carbonyl (C=O) groups is 1. The zero-order valence-corrected chi connectivity index (χ0v) is 6.22. The molecule has 0 aromatic rings. The highest BCUT2D eigenvalue weighted by atomic mass is 16.5. The second kappa shape index (κ2) is 3.52. The molecule has 2 heteroatoms. The van der Waals surface area contributed by atoms with Gasteiger partial charge in [0.05, 0.1) is 6.61 Å². The van der Waals surface area contributed by atoms with Gasteiger partial charge in [0.1, 0.15) is 0 Å². The summed E-state index contributed by atoms with van der Waals surface area (Å²) in [6.45, 7) is 0.617. The number of hydrogen-bond donors (Lipinski definition) is 0. The molecular formula is C8H12O2. The van der Waals surface area contributed by atoms with E-state index in [0.717, 1.165) is 18.4 Å². The molecule has 0 saturated heterocycles. The number of hydrogen-bond acceptors (Lipinski definition) is 2. The largest absolute Gasteiger partial charge is 0.380 e. The van der Waals surface area contributed by atoms with Gasteiger partial charge >= 0.3 is 0 Å². The second-order valence-corrected chi connectivity index (χ2v) is 2.56. The van der Waals surface area contributed by atoms with Crippen LogP contribution in [0.4, 0.5) is 0 Å². The number of ether oxygens (including phenoxy) is 1. The fourth-order valence-corrected chi connectivity index (χ4v) is 1.16. The van der Waals surface area contributed by atoms with E-state index in [0.29, 0.717) is 13.0 Å². The van der Waals surface area contributed by atoms with Gasteiger partial charge in [0.2, 0.25) is 0 Å². The van der Waals surface area contributed by atoms with Crippen LogP contribution in [0, 0.1) is 0 Å². The smallest absolute Gasteiger partial charge is 0.155 e. The summed E-state index contributed by atoms with van der Waals surface area (Å²) in [5.74, 6) is 0.248. The van der Waals surface area contributed by atoms with Crippen LogP contribution >= 0.6 is 0 Å². The Balaban J connectivity index is 2.49. The third-order valence-corrected chi connectivity index (χ3v) is 1.62. The molecule has 10 heavy (non-hydrogen) atoms. The molecule has 0 aromatic heterocycles. The lowest BCUT2D eigenvalue weighted by Crippen LogP contribution is -2.06. The molecule has 0 spiro atoms. The molecule has 0 heterocycles. The zero-order valence-electron chi connectivity index (χ0n) is 6.22. The van der Waals surface area contributed by atoms with Gasteiger partial charge in [-0.2, -0.15) is 0 Å². The SMILES string of the molecule is COCC1=CC(=O)CCC1. The Bertz CT molecular complexity index is 159. The van der Waals surface area contributed by atoms with Crippen molar-refractivity contribution in [1.82, 2.24) is 0 Å². The van der Waals surface area contributed by atoms with E-state index in [1.54, 1.807) is 13.2 Å². The van der Waals surface area contributed by atoms with Crippen LogP contribution in [-0.2, 0) is 9.53 Å². The third kappa shape index (κ3) is 1.95. The fraction of sp³-hybridized carbons (Fsp3) is 0.625. The van der Waals surface area contributed by atoms with E-state index in [1.165, 1.54) is 0 Å². The van der Waals surface area contributed by atoms with E-state index in [-0.39, 0.29) is 5.78 Å². The minimum atomic E-state index is 0.248. The van der Waals surface area contributed by atoms with E-state index >= 15 is 0 Å². The molecule has 0 unspecified atom stereocenters. The summed E-state index contributed by atoms with van der Waals surface area (Å²) in [7, 11) is 1.65. The average molecular weight is 140 g/mol. The molecule has 1 rings (SSSR count). The zero-order chi connectivity index (χ0) is 7.40. The van der Waals surface area contributed by atoms with Gasteiger partial charge in [0.15, 0.2) is 5.78 Å². The lowest BCUT2D eigenvalue weighted by molar-refractivity contribution is -0.115. The summed E-state index contributed by atoms with van der Waals surface area (Å²) in [5.41, 5.74) is 1.14. The first-order valence-corrected chi connectivity index (χ1v) is 3.54. The van der Waals surface area contributed by atoms with Crippen LogP contribution in [0.25, 0.3) is 0 Å². The summed E-state index contributed by atoms with van der Waals surface area (Å²) in [5, 5.41) is 0. The Morgan fingerprint density at radius 2 is 2.40 bits per heavy atom. The van der Waals surface area contributed by atoms with Gasteiger partial charge in [-0.1, -0.05) is 0 Å². The maximum atomic E-state index is 10.8. The van der Waals surface area contributed by atoms with Gasteiger partial charge in [-0.3, -0.25) is 4.79 Å². The van der Waals surface area contributed by atoms with Crippen LogP contribution in [0.5, 0.6) is 0 Å². The lowest BCUT2D eigenvalue weighted by Gasteiger charge is -2.09. The summed E-state index contributed by atoms with van der Waals surface area (Å²) in [6.07, 6.45) is 4.45. The highest BCUT2D eigenvalue weighted by molar-refractivity contribution is 5.91. The van der Waals surface area contributed by atoms with Gasteiger partial charge in [-0.25, -0.2) is 0 Å². The molecule has 0 atom stereocenters. The fourth-order valence-electron chi connectivity index (χ4n) is 1.16. The van der Waals surface area contributed by atoms with Crippen molar-refractivity contribution in [3.63, 3.8) is 0 Å². The Labute approximate surface area is 60.9 Å². The molecule has 0 radical (unpaired) electrons. The van der Waals surface area contributed by atoms with Gasteiger partial charge in [-0.15, -0.1) is 0 Å². The molecule has 0 saturated carbocycles. The van der Waals surface area contributed by atoms with Crippen LogP contribution in [0.2, 0.25) is 0 Å². The van der Waals surface area contributed by atoms with Gasteiger partial charge in [-0.05, 0) is 24.5 Å². The summed E-state index contributed by atoms with van der Waals surface area (Å²) < 4.78 is 4.91. The molecule has 0 amide bonds. The van der Waals surface area contributed by atoms with Crippen molar-refractivity contribution in [3.8, 4) is 0 Å². The van der Waals surface area contributed by atoms with Crippen molar-refractivity contribution in [2.45, 2.75) is 19.3 Å². The van der Waals surface area contributed by atoms with Crippen molar-refractivity contribution in [2.24, 2.45) is 0 Å². The predicted octanol–water partition coefficient (Wildman–Crippen LogP) is 1.31. The maximum Gasteiger partial charge on any atom is 0.155 e. The predicted molar refractivity (Wildman–Crippen MR) is 38.8 cm³/mol. The standard InChI is InChI=1S/C8H12O2/c1-10-6-7-3-2-4-8(9)5-7/h5H,2-4,6H2,1H3. The van der Waals surface area contributed by atoms with Crippen LogP contribution in [-0.4, -0.2) is 19.5 Å². The van der Waals surface area contributed by atoms with Crippen molar-refractivity contribution < 1.29 is 9.53 Å². The van der Waals surface area contributed by atoms with E-state index < -0.39 is 0 Å². The Hall–Kier alpha value is -0.630. The van der Waals surface area contributed by atoms with Crippen LogP contribution in [0.15, 0.2) is 11.6 Å². The van der Waals surface area contributed by atoms with Gasteiger partial charge in [0.25, 0.3) is 0 Å². The molecule has 0 fully saturated rings. The highest BCUT2D eigenvalue weighted by Gasteiger charge is 2.08. The number of allylic oxidation sites excluding steroid dienone is 1. The normalized spacial score (nSPS) is 18.9. The lowest BCUT2D eigenvalue weighted by atomic mass is 9.99. The quantitative estimate of drug-likeness (QED) is 0.578. The van der Waals surface area contributed by atoms with Crippen molar-refractivity contribution >= 4 is 5.78 Å². The first kappa shape index (κ1) is 7.48. The monoisotopic (exact) mass is 140 g/mol. The average Bonchev–Trinajstić information content (AvgIpc) is 1.88. The van der Waals surface area contributed by atoms with E-state index in [4.69, 9.17) is 4.74 Å². The minimum absolute atomic E-state index is 0.248. The van der Waals surface area contributed by atoms with E-state index in [2.05, 4.69) is 0 Å². The molecule has 0 aromatic carbocycles. The van der Waals surface area contributed by atoms with Crippen molar-refractivity contribution in [2.75, 3.05) is 13.7 Å². The molecular weight excluding hydrogens is 128 g/mol. The van der Waals surface area contributed by atoms with Crippen LogP contribution in [0.3, 0.4) is 0 Å². The molecule has 2 nitrogen and oxygen atoms in total. The first-order valence-electron chi connectivity index (χ1n) is 3.54. The van der Waals surface area contributed by atoms with E-state index in [9.17, 15) is 4.79 Å². The topological polar surface area (TPSA) is 26.3 Å². The molecule has 56 valence electrons. The Kier molecular flexibility index (Phi) is 2.63. The number of ketones is 1. The molecule has 0 N–H and O–H groups in total. The summed E-state index contributed by atoms with van der Waals surface area (Å²) >= 11 is 0. The minimum Gasteiger partial charge on any atom is -0.380 e. The summed E-state index contributed by atoms with van der Waals surface area (Å²) in [4.78, 5) is 10.8. The molecule has 1 aliphatic rings. The number of methoxy groups -OCH3 is 1.